The smallest absolute Gasteiger partial charge is 0.213 e. The summed E-state index contributed by atoms with van der Waals surface area (Å²) in [7, 11) is 0. The first kappa shape index (κ1) is 12.3. The van der Waals surface area contributed by atoms with Crippen molar-refractivity contribution < 1.29 is 14.1 Å². The van der Waals surface area contributed by atoms with Gasteiger partial charge < -0.3 is 0 Å². The largest absolute Gasteiger partial charge is 0.289 e. The normalized spacial score (nSPS) is 13.8. The Kier molecular flexibility index (Phi) is 2.91. The summed E-state index contributed by atoms with van der Waals surface area (Å²) in [6.07, 6.45) is 1.04. The highest BCUT2D eigenvalue weighted by Crippen LogP contribution is 2.27. The Labute approximate surface area is 114 Å². The monoisotopic (exact) mass is 267 g/mol. The molecule has 0 spiro atoms. The number of rotatable bonds is 2. The molecule has 0 aromatic heterocycles. The maximum absolute atomic E-state index is 14.3. The number of ketones is 2. The number of benzene rings is 2. The molecule has 0 aliphatic heterocycles. The number of allylic oxidation sites excluding steroid dienone is 2. The molecular weight excluding hydrogens is 257 g/mol. The van der Waals surface area contributed by atoms with Gasteiger partial charge in [0.1, 0.15) is 5.70 Å². The highest BCUT2D eigenvalue weighted by molar-refractivity contribution is 6.25. The molecule has 2 aromatic carbocycles. The third kappa shape index (κ3) is 1.91. The van der Waals surface area contributed by atoms with Gasteiger partial charge in [-0.1, -0.05) is 46.9 Å². The summed E-state index contributed by atoms with van der Waals surface area (Å²) in [4.78, 5) is 24.2. The summed E-state index contributed by atoms with van der Waals surface area (Å²) in [5.74, 6) is -0.861. The fourth-order valence-corrected chi connectivity index (χ4v) is 2.15. The Balaban J connectivity index is 2.05. The van der Waals surface area contributed by atoms with Crippen LogP contribution in [0.3, 0.4) is 0 Å². The molecule has 0 radical (unpaired) electrons. The fraction of sp³-hybridized carbons (Fsp3) is 0. The van der Waals surface area contributed by atoms with Gasteiger partial charge in [0, 0.05) is 17.2 Å². The quantitative estimate of drug-likeness (QED) is 0.783. The first-order valence-electron chi connectivity index (χ1n) is 6.09. The summed E-state index contributed by atoms with van der Waals surface area (Å²) in [6, 6.07) is 14.5. The van der Waals surface area contributed by atoms with E-state index in [1.54, 1.807) is 36.4 Å². The van der Waals surface area contributed by atoms with Crippen LogP contribution < -0.4 is 5.12 Å². The molecule has 0 saturated carbocycles. The highest BCUT2D eigenvalue weighted by atomic mass is 19.2. The van der Waals surface area contributed by atoms with Crippen molar-refractivity contribution in [3.8, 4) is 0 Å². The van der Waals surface area contributed by atoms with Crippen molar-refractivity contribution in [2.24, 2.45) is 0 Å². The minimum atomic E-state index is -0.494. The molecule has 2 aromatic rings. The van der Waals surface area contributed by atoms with Crippen molar-refractivity contribution in [3.63, 3.8) is 0 Å². The van der Waals surface area contributed by atoms with Crippen LogP contribution in [0.4, 0.5) is 10.2 Å². The maximum Gasteiger partial charge on any atom is 0.213 e. The Hall–Kier alpha value is -2.75. The summed E-state index contributed by atoms with van der Waals surface area (Å²) >= 11 is 0. The maximum atomic E-state index is 14.3. The van der Waals surface area contributed by atoms with Crippen LogP contribution in [0.5, 0.6) is 0 Å². The molecule has 0 amide bonds. The average Bonchev–Trinajstić information content (AvgIpc) is 2.51. The van der Waals surface area contributed by atoms with E-state index in [9.17, 15) is 14.1 Å². The molecule has 0 fully saturated rings. The lowest BCUT2D eigenvalue weighted by Crippen LogP contribution is -2.26. The van der Waals surface area contributed by atoms with Crippen molar-refractivity contribution in [2.75, 3.05) is 5.12 Å². The summed E-state index contributed by atoms with van der Waals surface area (Å²) in [6.45, 7) is 0. The highest BCUT2D eigenvalue weighted by Gasteiger charge is 2.29. The fourth-order valence-electron chi connectivity index (χ4n) is 2.15. The van der Waals surface area contributed by atoms with Crippen LogP contribution in [0.25, 0.3) is 0 Å². The van der Waals surface area contributed by atoms with Crippen LogP contribution >= 0.6 is 0 Å². The molecule has 20 heavy (non-hydrogen) atoms. The van der Waals surface area contributed by atoms with Gasteiger partial charge in [-0.25, -0.2) is 0 Å². The SMILES string of the molecule is O=C1C=C(N(F)c2ccccc2)C(=O)c2ccccc21. The van der Waals surface area contributed by atoms with Gasteiger partial charge >= 0.3 is 0 Å². The van der Waals surface area contributed by atoms with Crippen molar-refractivity contribution in [3.05, 3.63) is 77.5 Å². The Bertz CT molecular complexity index is 722. The van der Waals surface area contributed by atoms with Crippen LogP contribution in [0.2, 0.25) is 0 Å². The predicted octanol–water partition coefficient (Wildman–Crippen LogP) is 3.34. The third-order valence-corrected chi connectivity index (χ3v) is 3.13. The van der Waals surface area contributed by atoms with Gasteiger partial charge in [-0.15, -0.1) is 0 Å². The number of halogens is 1. The topological polar surface area (TPSA) is 37.4 Å². The van der Waals surface area contributed by atoms with Gasteiger partial charge in [0.2, 0.25) is 5.78 Å². The van der Waals surface area contributed by atoms with Gasteiger partial charge in [-0.05, 0) is 12.1 Å². The van der Waals surface area contributed by atoms with Gasteiger partial charge in [0.25, 0.3) is 0 Å². The number of carbonyl (C=O) groups is 2. The van der Waals surface area contributed by atoms with E-state index in [1.807, 2.05) is 0 Å². The van der Waals surface area contributed by atoms with Crippen LogP contribution in [0, 0.1) is 0 Å². The molecule has 0 N–H and O–H groups in total. The molecule has 3 nitrogen and oxygen atoms in total. The van der Waals surface area contributed by atoms with E-state index in [-0.39, 0.29) is 27.9 Å². The van der Waals surface area contributed by atoms with Gasteiger partial charge in [-0.3, -0.25) is 9.59 Å². The molecule has 0 saturated heterocycles. The zero-order valence-electron chi connectivity index (χ0n) is 10.4. The third-order valence-electron chi connectivity index (χ3n) is 3.13. The molecule has 0 heterocycles. The summed E-state index contributed by atoms with van der Waals surface area (Å²) in [5, 5.41) is 0.246. The first-order chi connectivity index (χ1) is 9.68. The van der Waals surface area contributed by atoms with Crippen molar-refractivity contribution in [1.82, 2.24) is 0 Å². The molecule has 0 atom stereocenters. The Morgan fingerprint density at radius 1 is 0.800 bits per heavy atom. The Morgan fingerprint density at radius 3 is 2.10 bits per heavy atom. The first-order valence-corrected chi connectivity index (χ1v) is 6.09. The summed E-state index contributed by atoms with van der Waals surface area (Å²) < 4.78 is 14.3. The minimum absolute atomic E-state index is 0.208. The van der Waals surface area contributed by atoms with Crippen LogP contribution in [-0.4, -0.2) is 11.6 Å². The zero-order valence-corrected chi connectivity index (χ0v) is 10.4. The lowest BCUT2D eigenvalue weighted by molar-refractivity contribution is 0.0976. The van der Waals surface area contributed by atoms with Crippen LogP contribution in [0.1, 0.15) is 20.7 Å². The van der Waals surface area contributed by atoms with E-state index in [1.165, 1.54) is 18.2 Å². The molecule has 1 aliphatic rings. The van der Waals surface area contributed by atoms with Crippen LogP contribution in [-0.2, 0) is 0 Å². The van der Waals surface area contributed by atoms with Gasteiger partial charge in [-0.2, -0.15) is 5.12 Å². The lowest BCUT2D eigenvalue weighted by Gasteiger charge is -2.20. The van der Waals surface area contributed by atoms with E-state index in [4.69, 9.17) is 0 Å². The van der Waals surface area contributed by atoms with E-state index < -0.39 is 5.78 Å². The standard InChI is InChI=1S/C16H10FNO2/c17-18(11-6-2-1-3-7-11)14-10-15(19)12-8-4-5-9-13(12)16(14)20/h1-10H. The number of Topliss-reactive ketones (excluding diaryl/α,β-unsaturated/α-hetero) is 1. The van der Waals surface area contributed by atoms with Gasteiger partial charge in [0.05, 0.1) is 5.69 Å². The number of para-hydroxylation sites is 1. The number of hydrogen-bond donors (Lipinski definition) is 0. The second kappa shape index (κ2) is 4.74. The summed E-state index contributed by atoms with van der Waals surface area (Å²) in [5.41, 5.74) is 0.482. The second-order valence-corrected chi connectivity index (χ2v) is 4.38. The van der Waals surface area contributed by atoms with Gasteiger partial charge in [0.15, 0.2) is 5.78 Å². The molecule has 0 unspecified atom stereocenters. The minimum Gasteiger partial charge on any atom is -0.289 e. The number of fused-ring (bicyclic) bond motifs is 1. The molecule has 1 aliphatic carbocycles. The molecular formula is C16H10FNO2. The molecule has 4 heteroatoms. The molecule has 3 rings (SSSR count). The second-order valence-electron chi connectivity index (χ2n) is 4.38. The molecule has 0 bridgehead atoms. The average molecular weight is 267 g/mol. The van der Waals surface area contributed by atoms with E-state index in [2.05, 4.69) is 0 Å². The Morgan fingerprint density at radius 2 is 1.40 bits per heavy atom. The number of carbonyl (C=O) groups excluding carboxylic acids is 2. The lowest BCUT2D eigenvalue weighted by atomic mass is 9.92. The van der Waals surface area contributed by atoms with Crippen molar-refractivity contribution >= 4 is 17.3 Å². The number of hydrogen-bond acceptors (Lipinski definition) is 3. The number of anilines is 1. The predicted molar refractivity (Wildman–Crippen MR) is 73.2 cm³/mol. The van der Waals surface area contributed by atoms with Crippen LogP contribution in [0.15, 0.2) is 66.4 Å². The molecule has 98 valence electrons. The van der Waals surface area contributed by atoms with E-state index in [0.29, 0.717) is 5.56 Å². The van der Waals surface area contributed by atoms with Crippen molar-refractivity contribution in [2.45, 2.75) is 0 Å². The zero-order chi connectivity index (χ0) is 14.1. The number of nitrogens with zero attached hydrogens (tertiary/aromatic N) is 1. The van der Waals surface area contributed by atoms with E-state index in [0.717, 1.165) is 6.08 Å². The van der Waals surface area contributed by atoms with Crippen molar-refractivity contribution in [1.29, 1.82) is 0 Å². The van der Waals surface area contributed by atoms with E-state index >= 15 is 0 Å².